The zero-order chi connectivity index (χ0) is 0. The van der Waals surface area contributed by atoms with Gasteiger partial charge in [-0.2, -0.15) is 0 Å². The van der Waals surface area contributed by atoms with E-state index in [2.05, 4.69) is 0 Å². The van der Waals surface area contributed by atoms with Crippen molar-refractivity contribution in [2.24, 2.45) is 0 Å². The summed E-state index contributed by atoms with van der Waals surface area (Å²) >= 11 is 0. The predicted molar refractivity (Wildman–Crippen MR) is 0 cm³/mol. The van der Waals surface area contributed by atoms with Gasteiger partial charge in [0.1, 0.15) is 0 Å². The van der Waals surface area contributed by atoms with Crippen molar-refractivity contribution in [3.8, 4) is 0 Å². The Bertz CT molecular complexity index is 17.2. The summed E-state index contributed by atoms with van der Waals surface area (Å²) in [6.07, 6.45) is 0. The van der Waals surface area contributed by atoms with Gasteiger partial charge in [0.25, 0.3) is 0 Å². The van der Waals surface area contributed by atoms with Crippen LogP contribution < -0.4 is 159 Å². The fourth-order valence-corrected chi connectivity index (χ4v) is 0. The smallest absolute Gasteiger partial charge is 1.00 e. The molecule has 0 aromatic carbocycles. The fraction of sp³-hybridized carbons (Fsp3) is 0. The Hall–Kier alpha value is 4.61. The maximum Gasteiger partial charge on any atom is 1.00 e. The monoisotopic (exact) mass is 272 g/mol. The summed E-state index contributed by atoms with van der Waals surface area (Å²) in [7, 11) is 0. The van der Waals surface area contributed by atoms with Crippen LogP contribution in [0.3, 0.4) is 0 Å². The van der Waals surface area contributed by atoms with Crippen LogP contribution in [0.15, 0.2) is 0 Å². The molecule has 0 amide bonds. The molecule has 0 radical (unpaired) electrons. The van der Waals surface area contributed by atoms with Crippen molar-refractivity contribution in [2.45, 2.75) is 0 Å². The largest absolute Gasteiger partial charge is 1.00 e. The van der Waals surface area contributed by atoms with Crippen LogP contribution in [-0.2, 0) is 0 Å². The van der Waals surface area contributed by atoms with E-state index in [1.807, 2.05) is 0 Å². The van der Waals surface area contributed by atoms with Gasteiger partial charge in [-0.05, 0) is 0 Å². The van der Waals surface area contributed by atoms with Gasteiger partial charge in [0.2, 0.25) is 0 Å². The third-order valence-corrected chi connectivity index (χ3v) is 0. The number of hydrogen-bond donors (Lipinski definition) is 0. The Morgan fingerprint density at radius 1 is 0.625 bits per heavy atom. The van der Waals surface area contributed by atoms with Gasteiger partial charge in [-0.1, -0.05) is 0 Å². The molecule has 0 N–H and O–H groups in total. The van der Waals surface area contributed by atoms with Crippen LogP contribution in [0.5, 0.6) is 0 Å². The van der Waals surface area contributed by atoms with E-state index in [0.717, 1.165) is 0 Å². The Balaban J connectivity index is 0. The molecule has 0 nitrogen and oxygen atoms in total. The van der Waals surface area contributed by atoms with Crippen molar-refractivity contribution < 1.29 is 159 Å². The second-order valence-corrected chi connectivity index (χ2v) is 0. The first-order valence-corrected chi connectivity index (χ1v) is 0. The maximum absolute atomic E-state index is 0. The molecule has 0 rings (SSSR count). The molecule has 0 aromatic rings. The molecule has 0 heterocycles. The van der Waals surface area contributed by atoms with Gasteiger partial charge in [-0.25, -0.2) is 0 Å². The van der Waals surface area contributed by atoms with Crippen molar-refractivity contribution in [1.29, 1.82) is 0 Å². The number of rotatable bonds is 0. The third kappa shape index (κ3) is 46.1. The van der Waals surface area contributed by atoms with Gasteiger partial charge in [0.15, 0.2) is 0 Å². The molecule has 0 aromatic heterocycles. The van der Waals surface area contributed by atoms with Crippen LogP contribution in [0.25, 0.3) is 0 Å². The summed E-state index contributed by atoms with van der Waals surface area (Å²) in [5, 5.41) is 0. The average molecular weight is 274 g/mol. The molecule has 0 fully saturated rings. The Labute approximate surface area is 155 Å². The molecule has 0 bridgehead atoms. The van der Waals surface area contributed by atoms with E-state index in [1.165, 1.54) is 0 Å². The van der Waals surface area contributed by atoms with Gasteiger partial charge in [0, 0.05) is 0 Å². The SMILES string of the molecule is [Br-].[Br-].[Cl-].[F-].[K+].[Li+].[Li+].[Li+]. The molecule has 0 aliphatic rings. The minimum absolute atomic E-state index is 0. The van der Waals surface area contributed by atoms with E-state index in [0.29, 0.717) is 0 Å². The first kappa shape index (κ1) is 80.0. The molecule has 0 spiro atoms. The van der Waals surface area contributed by atoms with E-state index in [1.54, 1.807) is 0 Å². The third-order valence-electron chi connectivity index (χ3n) is 0. The molecular formula is Br2ClFKLi3. The van der Waals surface area contributed by atoms with Crippen molar-refractivity contribution in [3.63, 3.8) is 0 Å². The van der Waals surface area contributed by atoms with Crippen LogP contribution in [0, 0.1) is 0 Å². The van der Waals surface area contributed by atoms with E-state index >= 15 is 0 Å². The Morgan fingerprint density at radius 3 is 0.625 bits per heavy atom. The first-order valence-electron chi connectivity index (χ1n) is 0. The zero-order valence-corrected chi connectivity index (χ0v) is 12.6. The Kier molecular flexibility index (Phi) is 615. The second-order valence-electron chi connectivity index (χ2n) is 0. The van der Waals surface area contributed by atoms with Crippen LogP contribution in [0.2, 0.25) is 0 Å². The fourth-order valence-electron chi connectivity index (χ4n) is 0. The molecule has 0 aliphatic heterocycles. The average Bonchev–Trinajstić information content (AvgIpc) is 0. The van der Waals surface area contributed by atoms with Crippen LogP contribution in [0.4, 0.5) is 0 Å². The minimum atomic E-state index is 0. The number of halogens is 4. The molecule has 0 unspecified atom stereocenters. The van der Waals surface area contributed by atoms with Crippen molar-refractivity contribution >= 4 is 0 Å². The molecule has 0 aliphatic carbocycles. The molecule has 8 heteroatoms. The zero-order valence-electron chi connectivity index (χ0n) is 5.51. The van der Waals surface area contributed by atoms with E-state index in [-0.39, 0.29) is 159 Å². The standard InChI is InChI=1S/2BrH.ClH.FH.K.3Li/h4*1H;;;;/q;;;;4*+1/p-4. The van der Waals surface area contributed by atoms with Crippen LogP contribution in [0.1, 0.15) is 0 Å². The molecule has 8 heavy (non-hydrogen) atoms. The maximum atomic E-state index is 0. The number of hydrogen-bond acceptors (Lipinski definition) is 0. The molecule has 0 saturated carbocycles. The van der Waals surface area contributed by atoms with E-state index in [9.17, 15) is 0 Å². The summed E-state index contributed by atoms with van der Waals surface area (Å²) in [6, 6.07) is 0. The quantitative estimate of drug-likeness (QED) is 0.385. The van der Waals surface area contributed by atoms with Crippen molar-refractivity contribution in [1.82, 2.24) is 0 Å². The normalized spacial score (nSPS) is 0. The van der Waals surface area contributed by atoms with Crippen molar-refractivity contribution in [3.05, 3.63) is 0 Å². The van der Waals surface area contributed by atoms with Gasteiger partial charge in [-0.15, -0.1) is 0 Å². The summed E-state index contributed by atoms with van der Waals surface area (Å²) in [4.78, 5) is 0. The molecule has 0 saturated heterocycles. The first-order chi connectivity index (χ1) is 0. The van der Waals surface area contributed by atoms with Gasteiger partial charge < -0.3 is 51.1 Å². The topological polar surface area (TPSA) is 0 Å². The van der Waals surface area contributed by atoms with E-state index in [4.69, 9.17) is 0 Å². The van der Waals surface area contributed by atoms with Gasteiger partial charge in [0.05, 0.1) is 0 Å². The predicted octanol–water partition coefficient (Wildman–Crippen LogP) is -24.0. The Morgan fingerprint density at radius 2 is 0.625 bits per heavy atom. The molecule has 0 atom stereocenters. The molecular weight excluding hydrogens is 274 g/mol. The molecule has 32 valence electrons. The summed E-state index contributed by atoms with van der Waals surface area (Å²) in [5.74, 6) is 0. The second kappa shape index (κ2) is 61.5. The summed E-state index contributed by atoms with van der Waals surface area (Å²) < 4.78 is 0. The van der Waals surface area contributed by atoms with E-state index < -0.39 is 0 Å². The minimum Gasteiger partial charge on any atom is -1.00 e. The van der Waals surface area contributed by atoms with Crippen LogP contribution >= 0.6 is 0 Å². The van der Waals surface area contributed by atoms with Crippen molar-refractivity contribution in [2.75, 3.05) is 0 Å². The van der Waals surface area contributed by atoms with Gasteiger partial charge >= 0.3 is 108 Å². The van der Waals surface area contributed by atoms with Crippen LogP contribution in [-0.4, -0.2) is 0 Å². The van der Waals surface area contributed by atoms with Gasteiger partial charge in [-0.3, -0.25) is 0 Å². The summed E-state index contributed by atoms with van der Waals surface area (Å²) in [6.45, 7) is 0. The summed E-state index contributed by atoms with van der Waals surface area (Å²) in [5.41, 5.74) is 0.